The van der Waals surface area contributed by atoms with Crippen LogP contribution in [0.25, 0.3) is 10.8 Å². The first-order valence-corrected chi connectivity index (χ1v) is 12.7. The molecule has 2 aromatic rings. The van der Waals surface area contributed by atoms with Crippen molar-refractivity contribution < 1.29 is 23.1 Å². The largest absolute Gasteiger partial charge is 0.480 e. The van der Waals surface area contributed by atoms with Crippen LogP contribution in [-0.2, 0) is 25.8 Å². The second kappa shape index (κ2) is 10.6. The highest BCUT2D eigenvalue weighted by atomic mass is 32.2. The number of aliphatic carboxylic acids is 1. The van der Waals surface area contributed by atoms with Crippen molar-refractivity contribution in [3.8, 4) is 0 Å². The van der Waals surface area contributed by atoms with Gasteiger partial charge in [0.25, 0.3) is 0 Å². The number of amides is 1. The summed E-state index contributed by atoms with van der Waals surface area (Å²) in [5.74, 6) is -2.31. The molecule has 0 aliphatic rings. The number of carboxylic acids is 1. The van der Waals surface area contributed by atoms with E-state index in [0.717, 1.165) is 16.3 Å². The van der Waals surface area contributed by atoms with E-state index in [4.69, 9.17) is 0 Å². The van der Waals surface area contributed by atoms with Crippen LogP contribution in [0.3, 0.4) is 0 Å². The van der Waals surface area contributed by atoms with Gasteiger partial charge in [-0.15, -0.1) is 0 Å². The number of carbonyl (C=O) groups is 2. The zero-order valence-corrected chi connectivity index (χ0v) is 18.3. The van der Waals surface area contributed by atoms with E-state index in [1.54, 1.807) is 6.92 Å². The second-order valence-electron chi connectivity index (χ2n) is 6.92. The van der Waals surface area contributed by atoms with Crippen molar-refractivity contribution >= 4 is 44.2 Å². The van der Waals surface area contributed by atoms with Gasteiger partial charge in [0.2, 0.25) is 5.91 Å². The predicted octanol–water partition coefficient (Wildman–Crippen LogP) is 2.76. The molecule has 158 valence electrons. The number of carboxylic acid groups (broad SMARTS) is 1. The maximum Gasteiger partial charge on any atom is 0.326 e. The standard InChI is InChI=1S/C21H27NO5S2/c1-3-29(26,27)14-17(20(23)22-19(21(24)25)11-12-28-2)13-16-9-6-8-15-7-4-5-10-18(15)16/h4-10,17,19H,3,11-14H2,1-2H3,(H,22,23)(H,24,25)/t17?,19-/m0/s1. The van der Waals surface area contributed by atoms with E-state index in [-0.39, 0.29) is 24.3 Å². The fourth-order valence-corrected chi connectivity index (χ4v) is 4.76. The van der Waals surface area contributed by atoms with Gasteiger partial charge in [-0.05, 0) is 41.2 Å². The van der Waals surface area contributed by atoms with Crippen LogP contribution in [0.15, 0.2) is 42.5 Å². The van der Waals surface area contributed by atoms with E-state index >= 15 is 0 Å². The van der Waals surface area contributed by atoms with E-state index in [1.807, 2.05) is 48.7 Å². The molecule has 0 saturated carbocycles. The summed E-state index contributed by atoms with van der Waals surface area (Å²) in [6, 6.07) is 12.4. The Balaban J connectivity index is 2.31. The maximum absolute atomic E-state index is 12.9. The lowest BCUT2D eigenvalue weighted by Crippen LogP contribution is -2.46. The molecule has 2 rings (SSSR count). The fourth-order valence-electron chi connectivity index (χ4n) is 3.17. The molecule has 0 spiro atoms. The van der Waals surface area contributed by atoms with Crippen molar-refractivity contribution in [2.24, 2.45) is 5.92 Å². The second-order valence-corrected chi connectivity index (χ2v) is 10.3. The summed E-state index contributed by atoms with van der Waals surface area (Å²) in [7, 11) is -3.42. The van der Waals surface area contributed by atoms with Gasteiger partial charge >= 0.3 is 5.97 Å². The Bertz CT molecular complexity index is 953. The molecular weight excluding hydrogens is 410 g/mol. The Hall–Kier alpha value is -2.06. The first-order chi connectivity index (χ1) is 13.8. The van der Waals surface area contributed by atoms with Crippen molar-refractivity contribution in [1.29, 1.82) is 0 Å². The quantitative estimate of drug-likeness (QED) is 0.561. The van der Waals surface area contributed by atoms with Crippen LogP contribution in [-0.4, -0.2) is 55.0 Å². The van der Waals surface area contributed by atoms with Crippen LogP contribution in [0.5, 0.6) is 0 Å². The molecule has 0 aliphatic carbocycles. The summed E-state index contributed by atoms with van der Waals surface area (Å²) < 4.78 is 24.5. The van der Waals surface area contributed by atoms with E-state index in [2.05, 4.69) is 5.32 Å². The maximum atomic E-state index is 12.9. The summed E-state index contributed by atoms with van der Waals surface area (Å²) in [4.78, 5) is 24.4. The van der Waals surface area contributed by atoms with Gasteiger partial charge < -0.3 is 10.4 Å². The lowest BCUT2D eigenvalue weighted by Gasteiger charge is -2.21. The summed E-state index contributed by atoms with van der Waals surface area (Å²) in [5, 5.41) is 13.9. The van der Waals surface area contributed by atoms with Gasteiger partial charge in [-0.1, -0.05) is 49.4 Å². The van der Waals surface area contributed by atoms with Gasteiger partial charge in [0.1, 0.15) is 6.04 Å². The molecule has 0 heterocycles. The number of rotatable bonds is 11. The average molecular weight is 438 g/mol. The fraction of sp³-hybridized carbons (Fsp3) is 0.429. The highest BCUT2D eigenvalue weighted by molar-refractivity contribution is 7.98. The molecule has 0 aromatic heterocycles. The summed E-state index contributed by atoms with van der Waals surface area (Å²) in [6.07, 6.45) is 2.36. The number of carbonyl (C=O) groups excluding carboxylic acids is 1. The van der Waals surface area contributed by atoms with Crippen molar-refractivity contribution in [2.45, 2.75) is 25.8 Å². The normalized spacial score (nSPS) is 13.7. The molecule has 2 N–H and O–H groups in total. The van der Waals surface area contributed by atoms with Gasteiger partial charge in [0, 0.05) is 5.75 Å². The molecule has 29 heavy (non-hydrogen) atoms. The number of hydrogen-bond acceptors (Lipinski definition) is 5. The van der Waals surface area contributed by atoms with E-state index in [9.17, 15) is 23.1 Å². The van der Waals surface area contributed by atoms with Crippen LogP contribution in [0.4, 0.5) is 0 Å². The van der Waals surface area contributed by atoms with Crippen molar-refractivity contribution in [3.05, 3.63) is 48.0 Å². The smallest absolute Gasteiger partial charge is 0.326 e. The lowest BCUT2D eigenvalue weighted by molar-refractivity contribution is -0.142. The van der Waals surface area contributed by atoms with E-state index < -0.39 is 33.7 Å². The average Bonchev–Trinajstić information content (AvgIpc) is 2.70. The highest BCUT2D eigenvalue weighted by Gasteiger charge is 2.29. The Morgan fingerprint density at radius 3 is 2.48 bits per heavy atom. The minimum absolute atomic E-state index is 0.0683. The number of hydrogen-bond donors (Lipinski definition) is 2. The van der Waals surface area contributed by atoms with Crippen LogP contribution in [0, 0.1) is 5.92 Å². The Morgan fingerprint density at radius 2 is 1.83 bits per heavy atom. The monoisotopic (exact) mass is 437 g/mol. The van der Waals surface area contributed by atoms with Crippen LogP contribution in [0.2, 0.25) is 0 Å². The zero-order valence-electron chi connectivity index (χ0n) is 16.6. The van der Waals surface area contributed by atoms with Crippen LogP contribution in [0.1, 0.15) is 18.9 Å². The van der Waals surface area contributed by atoms with Crippen molar-refractivity contribution in [3.63, 3.8) is 0 Å². The molecule has 2 atom stereocenters. The van der Waals surface area contributed by atoms with E-state index in [1.165, 1.54) is 11.8 Å². The molecule has 0 saturated heterocycles. The van der Waals surface area contributed by atoms with Gasteiger partial charge in [0.15, 0.2) is 9.84 Å². The van der Waals surface area contributed by atoms with E-state index in [0.29, 0.717) is 5.75 Å². The topological polar surface area (TPSA) is 101 Å². The summed E-state index contributed by atoms with van der Waals surface area (Å²) >= 11 is 1.49. The lowest BCUT2D eigenvalue weighted by atomic mass is 9.95. The van der Waals surface area contributed by atoms with Gasteiger partial charge in [-0.2, -0.15) is 11.8 Å². The third-order valence-electron chi connectivity index (χ3n) is 4.84. The molecular formula is C21H27NO5S2. The van der Waals surface area contributed by atoms with Gasteiger partial charge in [-0.3, -0.25) is 4.79 Å². The third-order valence-corrected chi connectivity index (χ3v) is 7.27. The molecule has 2 aromatic carbocycles. The number of thioether (sulfide) groups is 1. The van der Waals surface area contributed by atoms with Crippen molar-refractivity contribution in [2.75, 3.05) is 23.5 Å². The minimum Gasteiger partial charge on any atom is -0.480 e. The SMILES string of the molecule is CCS(=O)(=O)CC(Cc1cccc2ccccc12)C(=O)N[C@@H](CCSC)C(=O)O. The predicted molar refractivity (Wildman–Crippen MR) is 118 cm³/mol. The first kappa shape index (κ1) is 23.2. The molecule has 0 radical (unpaired) electrons. The van der Waals surface area contributed by atoms with Gasteiger partial charge in [-0.25, -0.2) is 13.2 Å². The van der Waals surface area contributed by atoms with Crippen molar-refractivity contribution in [1.82, 2.24) is 5.32 Å². The molecule has 0 bridgehead atoms. The number of nitrogens with one attached hydrogen (secondary N) is 1. The molecule has 1 amide bonds. The zero-order chi connectivity index (χ0) is 21.4. The molecule has 6 nitrogen and oxygen atoms in total. The summed E-state index contributed by atoms with van der Waals surface area (Å²) in [5.41, 5.74) is 0.866. The highest BCUT2D eigenvalue weighted by Crippen LogP contribution is 2.22. The Morgan fingerprint density at radius 1 is 1.14 bits per heavy atom. The minimum atomic E-state index is -3.42. The third kappa shape index (κ3) is 6.75. The number of sulfone groups is 1. The molecule has 1 unspecified atom stereocenters. The summed E-state index contributed by atoms with van der Waals surface area (Å²) in [6.45, 7) is 1.54. The number of fused-ring (bicyclic) bond motifs is 1. The number of benzene rings is 2. The first-order valence-electron chi connectivity index (χ1n) is 9.46. The molecule has 8 heteroatoms. The van der Waals surface area contributed by atoms with Crippen LogP contribution >= 0.6 is 11.8 Å². The van der Waals surface area contributed by atoms with Gasteiger partial charge in [0.05, 0.1) is 11.7 Å². The Labute approximate surface area is 176 Å². The molecule has 0 aliphatic heterocycles. The molecule has 0 fully saturated rings. The van der Waals surface area contributed by atoms with Crippen LogP contribution < -0.4 is 5.32 Å². The Kier molecular flexibility index (Phi) is 8.52.